The van der Waals surface area contributed by atoms with Crippen molar-refractivity contribution in [1.82, 2.24) is 0 Å². The first-order valence-corrected chi connectivity index (χ1v) is 10.1. The molecule has 4 unspecified atom stereocenters. The fourth-order valence-electron chi connectivity index (χ4n) is 4.37. The van der Waals surface area contributed by atoms with Gasteiger partial charge in [-0.2, -0.15) is 18.2 Å². The summed E-state index contributed by atoms with van der Waals surface area (Å²) in [4.78, 5) is 0. The van der Waals surface area contributed by atoms with Crippen LogP contribution in [0.4, 0.5) is 11.4 Å². The Morgan fingerprint density at radius 1 is 0.793 bits per heavy atom. The number of rotatable bonds is 0. The molecule has 4 N–H and O–H groups in total. The van der Waals surface area contributed by atoms with Crippen LogP contribution in [0.25, 0.3) is 0 Å². The molecule has 0 spiro atoms. The molecule has 4 atom stereocenters. The van der Waals surface area contributed by atoms with E-state index in [1.165, 1.54) is 5.56 Å². The summed E-state index contributed by atoms with van der Waals surface area (Å²) in [5, 5.41) is 26.9. The molecule has 1 radical (unpaired) electrons. The predicted octanol–water partition coefficient (Wildman–Crippen LogP) is 4.51. The molecule has 4 rings (SSSR count). The maximum absolute atomic E-state index is 10.1. The van der Waals surface area contributed by atoms with Crippen LogP contribution in [0, 0.1) is 6.07 Å². The summed E-state index contributed by atoms with van der Waals surface area (Å²) in [6, 6.07) is 17.1. The number of hydrogen-bond acceptors (Lipinski definition) is 4. The third-order valence-electron chi connectivity index (χ3n) is 6.18. The molecule has 0 aliphatic carbocycles. The van der Waals surface area contributed by atoms with Crippen LogP contribution in [-0.4, -0.2) is 33.5 Å². The quantitative estimate of drug-likeness (QED) is 0.428. The summed E-state index contributed by atoms with van der Waals surface area (Å²) in [6.45, 7) is 12.2. The first-order chi connectivity index (χ1) is 13.0. The molecule has 2 aliphatic rings. The average molecular weight is 470 g/mol. The summed E-state index contributed by atoms with van der Waals surface area (Å²) in [5.41, 5.74) is 4.13. The maximum Gasteiger partial charge on any atom is 0.0830 e. The molecule has 2 aromatic rings. The molecule has 0 bridgehead atoms. The maximum atomic E-state index is 10.1. The molecule has 4 nitrogen and oxygen atoms in total. The van der Waals surface area contributed by atoms with Crippen molar-refractivity contribution in [2.24, 2.45) is 0 Å². The van der Waals surface area contributed by atoms with Gasteiger partial charge in [-0.05, 0) is 45.2 Å². The van der Waals surface area contributed by atoms with Gasteiger partial charge in [-0.25, -0.2) is 0 Å². The Morgan fingerprint density at radius 2 is 1.28 bits per heavy atom. The fourth-order valence-corrected chi connectivity index (χ4v) is 4.37. The van der Waals surface area contributed by atoms with Crippen molar-refractivity contribution in [3.63, 3.8) is 0 Å². The smallest absolute Gasteiger partial charge is 0.0830 e. The molecule has 0 saturated heterocycles. The van der Waals surface area contributed by atoms with E-state index in [4.69, 9.17) is 0 Å². The number of anilines is 2. The number of para-hydroxylation sites is 1. The number of benzene rings is 2. The van der Waals surface area contributed by atoms with E-state index in [1.54, 1.807) is 0 Å². The van der Waals surface area contributed by atoms with E-state index in [9.17, 15) is 10.2 Å². The van der Waals surface area contributed by atoms with Gasteiger partial charge in [0.05, 0.1) is 23.3 Å². The van der Waals surface area contributed by atoms with Gasteiger partial charge in [-0.3, -0.25) is 0 Å². The van der Waals surface area contributed by atoms with E-state index in [0.717, 1.165) is 16.9 Å². The van der Waals surface area contributed by atoms with Gasteiger partial charge in [0.1, 0.15) is 0 Å². The van der Waals surface area contributed by atoms with Gasteiger partial charge in [0.15, 0.2) is 0 Å². The molecule has 0 amide bonds. The zero-order chi connectivity index (χ0) is 20.7. The standard InChI is InChI=1S/C12H17NO.C12H16NO.Y/c2*1-8-9-6-4-5-7-10(9)13-12(2,3)11(8)14;/h4-8,11,13-14H,1-3H3;5-8,11,13-14H,1-3H3;/q;-1;. The third-order valence-corrected chi connectivity index (χ3v) is 6.18. The van der Waals surface area contributed by atoms with Crippen molar-refractivity contribution in [3.05, 3.63) is 59.7 Å². The van der Waals surface area contributed by atoms with Gasteiger partial charge in [-0.1, -0.05) is 37.7 Å². The predicted molar refractivity (Wildman–Crippen MR) is 116 cm³/mol. The minimum atomic E-state index is -0.356. The van der Waals surface area contributed by atoms with E-state index in [2.05, 4.69) is 42.7 Å². The summed E-state index contributed by atoms with van der Waals surface area (Å²) < 4.78 is 0. The molecule has 0 fully saturated rings. The van der Waals surface area contributed by atoms with Crippen LogP contribution in [0.5, 0.6) is 0 Å². The fraction of sp³-hybridized carbons (Fsp3) is 0.500. The van der Waals surface area contributed by atoms with Crippen molar-refractivity contribution in [2.45, 2.75) is 76.7 Å². The first kappa shape index (κ1) is 24.3. The van der Waals surface area contributed by atoms with Crippen LogP contribution in [0.2, 0.25) is 0 Å². The normalized spacial score (nSPS) is 28.1. The van der Waals surface area contributed by atoms with Gasteiger partial charge in [-0.15, -0.1) is 11.6 Å². The summed E-state index contributed by atoms with van der Waals surface area (Å²) in [5.74, 6) is 0.362. The molecule has 2 aliphatic heterocycles. The Hall–Kier alpha value is -0.936. The summed E-state index contributed by atoms with van der Waals surface area (Å²) in [7, 11) is 0. The Kier molecular flexibility index (Phi) is 7.60. The Labute approximate surface area is 200 Å². The van der Waals surface area contributed by atoms with Crippen molar-refractivity contribution < 1.29 is 42.9 Å². The van der Waals surface area contributed by atoms with Crippen LogP contribution in [0.3, 0.4) is 0 Å². The van der Waals surface area contributed by atoms with Crippen molar-refractivity contribution in [1.29, 1.82) is 0 Å². The van der Waals surface area contributed by atoms with Crippen LogP contribution < -0.4 is 10.6 Å². The molecule has 2 aromatic carbocycles. The molecule has 5 heteroatoms. The van der Waals surface area contributed by atoms with Gasteiger partial charge < -0.3 is 20.8 Å². The van der Waals surface area contributed by atoms with Crippen molar-refractivity contribution in [3.8, 4) is 0 Å². The minimum Gasteiger partial charge on any atom is -0.399 e. The average Bonchev–Trinajstić information content (AvgIpc) is 2.65. The Bertz CT molecular complexity index is 768. The Morgan fingerprint density at radius 3 is 1.86 bits per heavy atom. The Balaban J connectivity index is 0.000000200. The molecule has 2 heterocycles. The van der Waals surface area contributed by atoms with Crippen LogP contribution in [0.1, 0.15) is 64.5 Å². The van der Waals surface area contributed by atoms with Gasteiger partial charge >= 0.3 is 0 Å². The minimum absolute atomic E-state index is 0. The number of fused-ring (bicyclic) bond motifs is 2. The van der Waals surface area contributed by atoms with E-state index in [-0.39, 0.29) is 67.8 Å². The molecular weight excluding hydrogens is 437 g/mol. The van der Waals surface area contributed by atoms with E-state index < -0.39 is 0 Å². The summed E-state index contributed by atoms with van der Waals surface area (Å²) >= 11 is 0. The SMILES string of the molecule is CC1c2c[c-]ccc2NC(C)(C)C1O.CC1c2ccccc2NC(C)(C)C1O.[Y]. The number of nitrogens with one attached hydrogen (secondary N) is 2. The van der Waals surface area contributed by atoms with Crippen LogP contribution >= 0.6 is 0 Å². The van der Waals surface area contributed by atoms with E-state index in [1.807, 2.05) is 58.0 Å². The third kappa shape index (κ3) is 4.87. The van der Waals surface area contributed by atoms with Crippen molar-refractivity contribution >= 4 is 11.4 Å². The number of hydrogen-bond donors (Lipinski definition) is 4. The molecular formula is C24H33N2O2Y-. The van der Waals surface area contributed by atoms with E-state index >= 15 is 0 Å². The monoisotopic (exact) mass is 470 g/mol. The van der Waals surface area contributed by atoms with Crippen LogP contribution in [-0.2, 0) is 32.7 Å². The van der Waals surface area contributed by atoms with Gasteiger partial charge in [0.2, 0.25) is 0 Å². The van der Waals surface area contributed by atoms with Gasteiger partial charge in [0, 0.05) is 44.3 Å². The van der Waals surface area contributed by atoms with Crippen LogP contribution in [0.15, 0.2) is 42.5 Å². The zero-order valence-electron chi connectivity index (χ0n) is 18.3. The molecule has 0 aromatic heterocycles. The summed E-state index contributed by atoms with van der Waals surface area (Å²) in [6.07, 6.45) is -0.691. The second-order valence-corrected chi connectivity index (χ2v) is 9.26. The van der Waals surface area contributed by atoms with Gasteiger partial charge in [0.25, 0.3) is 0 Å². The first-order valence-electron chi connectivity index (χ1n) is 10.1. The number of aliphatic hydroxyl groups excluding tert-OH is 2. The zero-order valence-corrected chi connectivity index (χ0v) is 21.2. The van der Waals surface area contributed by atoms with E-state index in [0.29, 0.717) is 0 Å². The molecule has 155 valence electrons. The topological polar surface area (TPSA) is 64.5 Å². The molecule has 0 saturated carbocycles. The number of aliphatic hydroxyl groups is 2. The second kappa shape index (κ2) is 9.05. The largest absolute Gasteiger partial charge is 0.399 e. The molecule has 29 heavy (non-hydrogen) atoms. The van der Waals surface area contributed by atoms with Crippen molar-refractivity contribution in [2.75, 3.05) is 10.6 Å². The second-order valence-electron chi connectivity index (χ2n) is 9.26.